The Morgan fingerprint density at radius 2 is 2.09 bits per heavy atom. The Hall–Kier alpha value is -2.11. The highest BCUT2D eigenvalue weighted by Gasteiger charge is 2.29. The van der Waals surface area contributed by atoms with Crippen molar-refractivity contribution in [1.82, 2.24) is 15.0 Å². The van der Waals surface area contributed by atoms with Crippen molar-refractivity contribution in [3.63, 3.8) is 0 Å². The van der Waals surface area contributed by atoms with Crippen LogP contribution in [-0.2, 0) is 6.42 Å². The highest BCUT2D eigenvalue weighted by molar-refractivity contribution is 5.95. The van der Waals surface area contributed by atoms with E-state index in [0.29, 0.717) is 24.4 Å². The minimum atomic E-state index is 0.0509. The van der Waals surface area contributed by atoms with Crippen LogP contribution in [0.5, 0.6) is 0 Å². The monoisotopic (exact) mass is 317 g/mol. The normalized spacial score (nSPS) is 16.0. The summed E-state index contributed by atoms with van der Waals surface area (Å²) in [6.45, 7) is 7.21. The predicted octanol–water partition coefficient (Wildman–Crippen LogP) is 3.25. The zero-order valence-corrected chi connectivity index (χ0v) is 14.0. The number of hydrogen-bond acceptors (Lipinski definition) is 5. The van der Waals surface area contributed by atoms with E-state index in [1.807, 2.05) is 24.8 Å². The zero-order chi connectivity index (χ0) is 16.4. The lowest BCUT2D eigenvalue weighted by Gasteiger charge is -2.30. The molecule has 0 aromatic carbocycles. The lowest BCUT2D eigenvalue weighted by molar-refractivity contribution is 0.0703. The third-order valence-electron chi connectivity index (χ3n) is 4.36. The number of carbonyl (C=O) groups is 1. The van der Waals surface area contributed by atoms with Gasteiger partial charge in [-0.2, -0.15) is 4.98 Å². The second kappa shape index (κ2) is 6.56. The molecule has 0 unspecified atom stereocenters. The minimum Gasteiger partial charge on any atom is -0.466 e. The van der Waals surface area contributed by atoms with Crippen LogP contribution in [0.2, 0.25) is 0 Å². The quantitative estimate of drug-likeness (QED) is 0.865. The lowest BCUT2D eigenvalue weighted by Crippen LogP contribution is -2.38. The average Bonchev–Trinajstić information content (AvgIpc) is 3.14. The van der Waals surface area contributed by atoms with Gasteiger partial charge in [0.15, 0.2) is 5.82 Å². The molecule has 2 aromatic rings. The minimum absolute atomic E-state index is 0.0509. The Morgan fingerprint density at radius 1 is 1.35 bits per heavy atom. The molecule has 1 saturated heterocycles. The van der Waals surface area contributed by atoms with Crippen molar-refractivity contribution in [2.45, 2.75) is 52.4 Å². The fourth-order valence-corrected chi connectivity index (χ4v) is 3.10. The molecular formula is C17H23N3O3. The summed E-state index contributed by atoms with van der Waals surface area (Å²) < 4.78 is 10.8. The smallest absolute Gasteiger partial charge is 0.257 e. The van der Waals surface area contributed by atoms with Gasteiger partial charge < -0.3 is 13.8 Å². The van der Waals surface area contributed by atoms with Crippen LogP contribution in [-0.4, -0.2) is 34.0 Å². The van der Waals surface area contributed by atoms with Crippen molar-refractivity contribution in [3.8, 4) is 0 Å². The van der Waals surface area contributed by atoms with Gasteiger partial charge in [0, 0.05) is 25.4 Å². The van der Waals surface area contributed by atoms with E-state index in [2.05, 4.69) is 17.1 Å². The first-order chi connectivity index (χ1) is 11.1. The summed E-state index contributed by atoms with van der Waals surface area (Å²) >= 11 is 0. The van der Waals surface area contributed by atoms with Crippen molar-refractivity contribution in [3.05, 3.63) is 34.9 Å². The molecule has 1 fully saturated rings. The maximum absolute atomic E-state index is 12.6. The molecule has 6 nitrogen and oxygen atoms in total. The molecule has 0 bridgehead atoms. The summed E-state index contributed by atoms with van der Waals surface area (Å²) in [5.74, 6) is 3.27. The number of amides is 1. The van der Waals surface area contributed by atoms with Gasteiger partial charge >= 0.3 is 0 Å². The number of rotatable bonds is 4. The molecule has 1 aliphatic rings. The van der Waals surface area contributed by atoms with Crippen molar-refractivity contribution < 1.29 is 13.7 Å². The molecule has 1 aliphatic heterocycles. The van der Waals surface area contributed by atoms with Crippen molar-refractivity contribution in [2.75, 3.05) is 13.1 Å². The maximum atomic E-state index is 12.6. The topological polar surface area (TPSA) is 72.4 Å². The second-order valence-electron chi connectivity index (χ2n) is 6.19. The number of carbonyl (C=O) groups excluding carboxylic acids is 1. The molecule has 0 N–H and O–H groups in total. The van der Waals surface area contributed by atoms with E-state index in [1.54, 1.807) is 0 Å². The van der Waals surface area contributed by atoms with Gasteiger partial charge in [0.1, 0.15) is 11.5 Å². The molecule has 0 atom stereocenters. The first-order valence-electron chi connectivity index (χ1n) is 8.27. The van der Waals surface area contributed by atoms with E-state index in [4.69, 9.17) is 8.94 Å². The summed E-state index contributed by atoms with van der Waals surface area (Å²) in [4.78, 5) is 18.9. The van der Waals surface area contributed by atoms with Gasteiger partial charge in [-0.1, -0.05) is 12.1 Å². The Bertz CT molecular complexity index is 681. The number of nitrogens with zero attached hydrogens (tertiary/aromatic N) is 3. The Balaban J connectivity index is 1.61. The van der Waals surface area contributed by atoms with Crippen molar-refractivity contribution in [1.29, 1.82) is 0 Å². The van der Waals surface area contributed by atoms with E-state index >= 15 is 0 Å². The van der Waals surface area contributed by atoms with E-state index in [0.717, 1.165) is 43.2 Å². The highest BCUT2D eigenvalue weighted by atomic mass is 16.5. The van der Waals surface area contributed by atoms with E-state index in [1.165, 1.54) is 0 Å². The van der Waals surface area contributed by atoms with Gasteiger partial charge in [0.05, 0.1) is 5.56 Å². The molecule has 0 aliphatic carbocycles. The molecular weight excluding hydrogens is 294 g/mol. The summed E-state index contributed by atoms with van der Waals surface area (Å²) in [7, 11) is 0. The molecule has 0 spiro atoms. The Kier molecular flexibility index (Phi) is 4.50. The van der Waals surface area contributed by atoms with Crippen molar-refractivity contribution >= 4 is 5.91 Å². The first kappa shape index (κ1) is 15.8. The molecule has 23 heavy (non-hydrogen) atoms. The zero-order valence-electron chi connectivity index (χ0n) is 14.0. The van der Waals surface area contributed by atoms with Crippen LogP contribution in [0.15, 0.2) is 15.0 Å². The van der Waals surface area contributed by atoms with Gasteiger partial charge in [-0.25, -0.2) is 0 Å². The summed E-state index contributed by atoms with van der Waals surface area (Å²) in [6, 6.07) is 1.82. The molecule has 6 heteroatoms. The molecule has 0 saturated carbocycles. The summed E-state index contributed by atoms with van der Waals surface area (Å²) in [5, 5.41) is 4.02. The molecule has 0 radical (unpaired) electrons. The van der Waals surface area contributed by atoms with Gasteiger partial charge in [0.25, 0.3) is 5.91 Å². The third kappa shape index (κ3) is 3.30. The molecule has 1 amide bonds. The number of furan rings is 1. The Morgan fingerprint density at radius 3 is 2.70 bits per heavy atom. The summed E-state index contributed by atoms with van der Waals surface area (Å²) in [6.07, 6.45) is 3.57. The molecule has 3 rings (SSSR count). The first-order valence-corrected chi connectivity index (χ1v) is 8.27. The number of likely N-dealkylation sites (tertiary alicyclic amines) is 1. The highest BCUT2D eigenvalue weighted by Crippen LogP contribution is 2.28. The van der Waals surface area contributed by atoms with Gasteiger partial charge in [-0.15, -0.1) is 0 Å². The largest absolute Gasteiger partial charge is 0.466 e. The molecule has 3 heterocycles. The van der Waals surface area contributed by atoms with Crippen LogP contribution < -0.4 is 0 Å². The fraction of sp³-hybridized carbons (Fsp3) is 0.588. The SMILES string of the molecule is CCCc1noc(C2CCN(C(=O)c3cc(C)oc3C)CC2)n1. The number of piperidine rings is 1. The Labute approximate surface area is 135 Å². The van der Waals surface area contributed by atoms with Crippen LogP contribution in [0.4, 0.5) is 0 Å². The van der Waals surface area contributed by atoms with Crippen LogP contribution in [0.1, 0.15) is 65.7 Å². The number of aryl methyl sites for hydroxylation is 3. The van der Waals surface area contributed by atoms with Crippen molar-refractivity contribution in [2.24, 2.45) is 0 Å². The van der Waals surface area contributed by atoms with E-state index in [9.17, 15) is 4.79 Å². The lowest BCUT2D eigenvalue weighted by atomic mass is 9.96. The molecule has 2 aromatic heterocycles. The second-order valence-corrected chi connectivity index (χ2v) is 6.19. The average molecular weight is 317 g/mol. The molecule has 124 valence electrons. The fourth-order valence-electron chi connectivity index (χ4n) is 3.10. The van der Waals surface area contributed by atoms with Crippen LogP contribution in [0.3, 0.4) is 0 Å². The van der Waals surface area contributed by atoms with Crippen LogP contribution in [0.25, 0.3) is 0 Å². The van der Waals surface area contributed by atoms with Crippen LogP contribution >= 0.6 is 0 Å². The maximum Gasteiger partial charge on any atom is 0.257 e. The van der Waals surface area contributed by atoms with E-state index < -0.39 is 0 Å². The predicted molar refractivity (Wildman–Crippen MR) is 84.4 cm³/mol. The van der Waals surface area contributed by atoms with Gasteiger partial charge in [0.2, 0.25) is 5.89 Å². The van der Waals surface area contributed by atoms with Crippen LogP contribution in [0, 0.1) is 13.8 Å². The third-order valence-corrected chi connectivity index (χ3v) is 4.36. The van der Waals surface area contributed by atoms with Gasteiger partial charge in [-0.3, -0.25) is 4.79 Å². The number of hydrogen-bond donors (Lipinski definition) is 0. The van der Waals surface area contributed by atoms with Gasteiger partial charge in [-0.05, 0) is 39.2 Å². The van der Waals surface area contributed by atoms with E-state index in [-0.39, 0.29) is 11.8 Å². The number of aromatic nitrogens is 2. The standard InChI is InChI=1S/C17H23N3O3/c1-4-5-15-18-16(23-19-15)13-6-8-20(9-7-13)17(21)14-10-11(2)22-12(14)3/h10,13H,4-9H2,1-3H3. The summed E-state index contributed by atoms with van der Waals surface area (Å²) in [5.41, 5.74) is 0.670.